The first-order valence-electron chi connectivity index (χ1n) is 5.14. The smallest absolute Gasteiger partial charge is 0.214 e. The van der Waals surface area contributed by atoms with Crippen molar-refractivity contribution in [3.8, 4) is 0 Å². The van der Waals surface area contributed by atoms with Crippen molar-refractivity contribution < 1.29 is 13.2 Å². The van der Waals surface area contributed by atoms with Crippen LogP contribution in [0.2, 0.25) is 0 Å². The van der Waals surface area contributed by atoms with Gasteiger partial charge in [-0.15, -0.1) is 0 Å². The Kier molecular flexibility index (Phi) is 4.34. The van der Waals surface area contributed by atoms with Crippen LogP contribution in [0.25, 0.3) is 0 Å². The van der Waals surface area contributed by atoms with Crippen LogP contribution in [-0.4, -0.2) is 33.4 Å². The van der Waals surface area contributed by atoms with Gasteiger partial charge in [-0.2, -0.15) is 0 Å². The van der Waals surface area contributed by atoms with Gasteiger partial charge >= 0.3 is 0 Å². The Bertz CT molecular complexity index is 255. The Morgan fingerprint density at radius 1 is 1.29 bits per heavy atom. The first kappa shape index (κ1) is 11.9. The molecule has 1 aliphatic rings. The lowest BCUT2D eigenvalue weighted by atomic mass is 9.97. The summed E-state index contributed by atoms with van der Waals surface area (Å²) in [4.78, 5) is 0. The molecule has 0 radical (unpaired) electrons. The van der Waals surface area contributed by atoms with Crippen LogP contribution in [0.5, 0.6) is 0 Å². The fourth-order valence-electron chi connectivity index (χ4n) is 1.91. The van der Waals surface area contributed by atoms with Gasteiger partial charge in [0, 0.05) is 6.61 Å². The molecule has 0 unspecified atom stereocenters. The molecule has 1 rings (SSSR count). The molecule has 0 aromatic rings. The number of sulfonamides is 1. The predicted octanol–water partition coefficient (Wildman–Crippen LogP) is 0.883. The van der Waals surface area contributed by atoms with Crippen molar-refractivity contribution in [2.45, 2.75) is 44.0 Å². The summed E-state index contributed by atoms with van der Waals surface area (Å²) in [6, 6.07) is 0. The molecule has 84 valence electrons. The normalized spacial score (nSPS) is 29.0. The molecule has 0 amide bonds. The van der Waals surface area contributed by atoms with E-state index in [0.29, 0.717) is 19.4 Å². The van der Waals surface area contributed by atoms with Gasteiger partial charge in [0.2, 0.25) is 10.0 Å². The number of hydrogen-bond acceptors (Lipinski definition) is 3. The number of hydrogen-bond donors (Lipinski definition) is 1. The first-order chi connectivity index (χ1) is 6.60. The fraction of sp³-hybridized carbons (Fsp3) is 1.00. The van der Waals surface area contributed by atoms with Crippen LogP contribution < -0.4 is 4.72 Å². The van der Waals surface area contributed by atoms with Gasteiger partial charge in [-0.3, -0.25) is 0 Å². The van der Waals surface area contributed by atoms with Crippen molar-refractivity contribution in [2.75, 3.05) is 13.7 Å². The van der Waals surface area contributed by atoms with Gasteiger partial charge in [-0.1, -0.05) is 0 Å². The van der Waals surface area contributed by atoms with E-state index in [-0.39, 0.29) is 11.4 Å². The molecule has 0 atom stereocenters. The SMILES string of the molecule is CCOC1CCC(S(=O)(=O)NC)CC1. The highest BCUT2D eigenvalue weighted by Gasteiger charge is 2.29. The number of rotatable bonds is 4. The molecule has 0 saturated heterocycles. The molecule has 5 heteroatoms. The highest BCUT2D eigenvalue weighted by atomic mass is 32.2. The van der Waals surface area contributed by atoms with E-state index in [1.807, 2.05) is 6.92 Å². The zero-order chi connectivity index (χ0) is 10.6. The maximum absolute atomic E-state index is 11.5. The van der Waals surface area contributed by atoms with Gasteiger partial charge in [0.05, 0.1) is 11.4 Å². The zero-order valence-electron chi connectivity index (χ0n) is 8.82. The molecular formula is C9H19NO3S. The minimum atomic E-state index is -3.07. The van der Waals surface area contributed by atoms with Crippen molar-refractivity contribution in [3.63, 3.8) is 0 Å². The highest BCUT2D eigenvalue weighted by molar-refractivity contribution is 7.90. The van der Waals surface area contributed by atoms with Crippen molar-refractivity contribution in [2.24, 2.45) is 0 Å². The van der Waals surface area contributed by atoms with Gasteiger partial charge in [0.1, 0.15) is 0 Å². The molecule has 0 aromatic carbocycles. The molecule has 0 aliphatic heterocycles. The second kappa shape index (κ2) is 5.09. The standard InChI is InChI=1S/C9H19NO3S/c1-3-13-8-4-6-9(7-5-8)14(11,12)10-2/h8-10H,3-7H2,1-2H3. The van der Waals surface area contributed by atoms with Crippen LogP contribution >= 0.6 is 0 Å². The Labute approximate surface area is 86.1 Å². The van der Waals surface area contributed by atoms with Crippen LogP contribution in [0.3, 0.4) is 0 Å². The van der Waals surface area contributed by atoms with E-state index in [1.54, 1.807) is 0 Å². The summed E-state index contributed by atoms with van der Waals surface area (Å²) in [5.41, 5.74) is 0. The van der Waals surface area contributed by atoms with Gasteiger partial charge in [0.15, 0.2) is 0 Å². The van der Waals surface area contributed by atoms with E-state index in [1.165, 1.54) is 7.05 Å². The molecule has 0 heterocycles. The van der Waals surface area contributed by atoms with E-state index < -0.39 is 10.0 Å². The van der Waals surface area contributed by atoms with Gasteiger partial charge < -0.3 is 4.74 Å². The Balaban J connectivity index is 2.43. The van der Waals surface area contributed by atoms with Crippen LogP contribution in [-0.2, 0) is 14.8 Å². The third-order valence-corrected chi connectivity index (χ3v) is 4.67. The topological polar surface area (TPSA) is 55.4 Å². The summed E-state index contributed by atoms with van der Waals surface area (Å²) in [5.74, 6) is 0. The van der Waals surface area contributed by atoms with E-state index >= 15 is 0 Å². The van der Waals surface area contributed by atoms with Crippen molar-refractivity contribution in [1.82, 2.24) is 4.72 Å². The lowest BCUT2D eigenvalue weighted by Gasteiger charge is -2.27. The third kappa shape index (κ3) is 2.93. The Hall–Kier alpha value is -0.130. The molecule has 1 fully saturated rings. The Morgan fingerprint density at radius 2 is 1.86 bits per heavy atom. The minimum Gasteiger partial charge on any atom is -0.379 e. The lowest BCUT2D eigenvalue weighted by Crippen LogP contribution is -2.36. The molecule has 14 heavy (non-hydrogen) atoms. The van der Waals surface area contributed by atoms with Crippen molar-refractivity contribution in [3.05, 3.63) is 0 Å². The average Bonchev–Trinajstić information content (AvgIpc) is 2.19. The minimum absolute atomic E-state index is 0.218. The zero-order valence-corrected chi connectivity index (χ0v) is 9.64. The highest BCUT2D eigenvalue weighted by Crippen LogP contribution is 2.25. The van der Waals surface area contributed by atoms with Crippen LogP contribution in [0.1, 0.15) is 32.6 Å². The van der Waals surface area contributed by atoms with E-state index in [0.717, 1.165) is 12.8 Å². The molecule has 4 nitrogen and oxygen atoms in total. The van der Waals surface area contributed by atoms with E-state index in [2.05, 4.69) is 4.72 Å². The van der Waals surface area contributed by atoms with Crippen molar-refractivity contribution >= 4 is 10.0 Å². The summed E-state index contributed by atoms with van der Waals surface area (Å²) in [5, 5.41) is -0.218. The summed E-state index contributed by atoms with van der Waals surface area (Å²) in [7, 11) is -1.59. The average molecular weight is 221 g/mol. The lowest BCUT2D eigenvalue weighted by molar-refractivity contribution is 0.0374. The second-order valence-corrected chi connectivity index (χ2v) is 5.77. The summed E-state index contributed by atoms with van der Waals surface area (Å²) < 4.78 is 30.8. The van der Waals surface area contributed by atoms with Gasteiger partial charge in [0.25, 0.3) is 0 Å². The molecule has 0 spiro atoms. The first-order valence-corrected chi connectivity index (χ1v) is 6.68. The van der Waals surface area contributed by atoms with Crippen LogP contribution in [0, 0.1) is 0 Å². The van der Waals surface area contributed by atoms with Gasteiger partial charge in [-0.05, 0) is 39.7 Å². The predicted molar refractivity (Wildman–Crippen MR) is 55.6 cm³/mol. The van der Waals surface area contributed by atoms with E-state index in [4.69, 9.17) is 4.74 Å². The maximum Gasteiger partial charge on any atom is 0.214 e. The molecule has 0 bridgehead atoms. The summed E-state index contributed by atoms with van der Waals surface area (Å²) in [6.45, 7) is 2.69. The van der Waals surface area contributed by atoms with Crippen LogP contribution in [0.4, 0.5) is 0 Å². The maximum atomic E-state index is 11.5. The molecule has 1 N–H and O–H groups in total. The van der Waals surface area contributed by atoms with E-state index in [9.17, 15) is 8.42 Å². The summed E-state index contributed by atoms with van der Waals surface area (Å²) in [6.07, 6.45) is 3.42. The largest absolute Gasteiger partial charge is 0.379 e. The van der Waals surface area contributed by atoms with Gasteiger partial charge in [-0.25, -0.2) is 13.1 Å². The fourth-order valence-corrected chi connectivity index (χ4v) is 3.14. The molecule has 0 aromatic heterocycles. The second-order valence-electron chi connectivity index (χ2n) is 3.60. The monoisotopic (exact) mass is 221 g/mol. The summed E-state index contributed by atoms with van der Waals surface area (Å²) >= 11 is 0. The third-order valence-electron chi connectivity index (χ3n) is 2.75. The number of ether oxygens (including phenoxy) is 1. The van der Waals surface area contributed by atoms with Crippen molar-refractivity contribution in [1.29, 1.82) is 0 Å². The quantitative estimate of drug-likeness (QED) is 0.767. The molecule has 1 saturated carbocycles. The Morgan fingerprint density at radius 3 is 2.29 bits per heavy atom. The molecular weight excluding hydrogens is 202 g/mol. The number of nitrogens with one attached hydrogen (secondary N) is 1. The molecule has 1 aliphatic carbocycles. The van der Waals surface area contributed by atoms with Crippen LogP contribution in [0.15, 0.2) is 0 Å².